The van der Waals surface area contributed by atoms with E-state index in [1.165, 1.54) is 9.13 Å². The number of hydrogen-bond donors (Lipinski definition) is 1. The average Bonchev–Trinajstić information content (AvgIpc) is 2.42. The van der Waals surface area contributed by atoms with Crippen molar-refractivity contribution in [2.45, 2.75) is 19.4 Å². The van der Waals surface area contributed by atoms with Gasteiger partial charge in [-0.25, -0.2) is 0 Å². The van der Waals surface area contributed by atoms with Crippen LogP contribution in [0.4, 0.5) is 0 Å². The minimum atomic E-state index is 0.117. The Kier molecular flexibility index (Phi) is 5.07. The maximum Gasteiger partial charge on any atom is 0.0801 e. The van der Waals surface area contributed by atoms with E-state index in [0.29, 0.717) is 0 Å². The van der Waals surface area contributed by atoms with Gasteiger partial charge in [0.05, 0.1) is 17.9 Å². The third-order valence-electron chi connectivity index (χ3n) is 2.69. The number of benzene rings is 1. The second kappa shape index (κ2) is 6.80. The van der Waals surface area contributed by atoms with E-state index in [9.17, 15) is 0 Å². The molecule has 2 aromatic rings. The molecular formula is C14H16IN3. The molecule has 1 aromatic heterocycles. The lowest BCUT2D eigenvalue weighted by atomic mass is 10.0. The number of rotatable bonds is 5. The highest BCUT2D eigenvalue weighted by Gasteiger charge is 2.16. The molecule has 0 aliphatic rings. The van der Waals surface area contributed by atoms with E-state index in [1.54, 1.807) is 12.4 Å². The van der Waals surface area contributed by atoms with Crippen molar-refractivity contribution < 1.29 is 0 Å². The van der Waals surface area contributed by atoms with Gasteiger partial charge in [-0.15, -0.1) is 0 Å². The Labute approximate surface area is 121 Å². The van der Waals surface area contributed by atoms with Gasteiger partial charge in [-0.05, 0) is 47.2 Å². The van der Waals surface area contributed by atoms with Crippen LogP contribution in [-0.4, -0.2) is 16.5 Å². The van der Waals surface area contributed by atoms with Crippen molar-refractivity contribution in [1.82, 2.24) is 15.3 Å². The van der Waals surface area contributed by atoms with Crippen LogP contribution in [-0.2, 0) is 0 Å². The van der Waals surface area contributed by atoms with E-state index >= 15 is 0 Å². The Hall–Kier alpha value is -1.01. The maximum atomic E-state index is 4.42. The van der Waals surface area contributed by atoms with E-state index in [1.807, 2.05) is 6.20 Å². The number of nitrogens with zero attached hydrogens (tertiary/aromatic N) is 2. The minimum Gasteiger partial charge on any atom is -0.305 e. The van der Waals surface area contributed by atoms with Crippen LogP contribution < -0.4 is 5.32 Å². The molecule has 0 saturated heterocycles. The average molecular weight is 353 g/mol. The van der Waals surface area contributed by atoms with E-state index in [4.69, 9.17) is 0 Å². The van der Waals surface area contributed by atoms with Gasteiger partial charge in [0.25, 0.3) is 0 Å². The second-order valence-electron chi connectivity index (χ2n) is 4.04. The molecule has 0 aliphatic heterocycles. The summed E-state index contributed by atoms with van der Waals surface area (Å²) in [5.41, 5.74) is 2.22. The highest BCUT2D eigenvalue weighted by molar-refractivity contribution is 14.1. The van der Waals surface area contributed by atoms with Crippen molar-refractivity contribution in [3.63, 3.8) is 0 Å². The highest BCUT2D eigenvalue weighted by atomic mass is 127. The topological polar surface area (TPSA) is 37.8 Å². The van der Waals surface area contributed by atoms with E-state index in [0.717, 1.165) is 18.7 Å². The molecule has 0 aliphatic carbocycles. The zero-order chi connectivity index (χ0) is 12.8. The fourth-order valence-electron chi connectivity index (χ4n) is 1.83. The van der Waals surface area contributed by atoms with Crippen LogP contribution in [0.5, 0.6) is 0 Å². The van der Waals surface area contributed by atoms with Gasteiger partial charge in [-0.2, -0.15) is 0 Å². The Bertz CT molecular complexity index is 487. The Morgan fingerprint density at radius 3 is 2.78 bits per heavy atom. The van der Waals surface area contributed by atoms with Crippen molar-refractivity contribution >= 4 is 22.6 Å². The van der Waals surface area contributed by atoms with Gasteiger partial charge < -0.3 is 5.32 Å². The molecule has 0 radical (unpaired) electrons. The van der Waals surface area contributed by atoms with Gasteiger partial charge >= 0.3 is 0 Å². The lowest BCUT2D eigenvalue weighted by molar-refractivity contribution is 0.582. The quantitative estimate of drug-likeness (QED) is 0.840. The summed E-state index contributed by atoms with van der Waals surface area (Å²) in [5, 5.41) is 3.54. The molecule has 0 fully saturated rings. The van der Waals surface area contributed by atoms with E-state index in [-0.39, 0.29) is 6.04 Å². The van der Waals surface area contributed by atoms with Gasteiger partial charge in [0.2, 0.25) is 0 Å². The first-order valence-electron chi connectivity index (χ1n) is 6.06. The Morgan fingerprint density at radius 1 is 1.28 bits per heavy atom. The molecule has 0 bridgehead atoms. The zero-order valence-electron chi connectivity index (χ0n) is 10.3. The van der Waals surface area contributed by atoms with Gasteiger partial charge in [-0.3, -0.25) is 9.97 Å². The summed E-state index contributed by atoms with van der Waals surface area (Å²) in [4.78, 5) is 8.59. The lowest BCUT2D eigenvalue weighted by Crippen LogP contribution is -2.24. The molecule has 1 heterocycles. The van der Waals surface area contributed by atoms with Crippen molar-refractivity contribution in [2.24, 2.45) is 0 Å². The number of hydrogen-bond acceptors (Lipinski definition) is 3. The monoisotopic (exact) mass is 353 g/mol. The van der Waals surface area contributed by atoms with Gasteiger partial charge in [0.1, 0.15) is 0 Å². The van der Waals surface area contributed by atoms with Gasteiger partial charge in [-0.1, -0.05) is 25.1 Å². The summed E-state index contributed by atoms with van der Waals surface area (Å²) in [6.45, 7) is 3.13. The third-order valence-corrected chi connectivity index (χ3v) is 3.68. The predicted molar refractivity (Wildman–Crippen MR) is 81.3 cm³/mol. The molecule has 1 aromatic carbocycles. The molecule has 3 nitrogen and oxygen atoms in total. The third kappa shape index (κ3) is 3.26. The summed E-state index contributed by atoms with van der Waals surface area (Å²) >= 11 is 2.37. The second-order valence-corrected chi connectivity index (χ2v) is 5.20. The van der Waals surface area contributed by atoms with Gasteiger partial charge in [0.15, 0.2) is 0 Å². The number of nitrogens with one attached hydrogen (secondary N) is 1. The first-order chi connectivity index (χ1) is 8.83. The largest absolute Gasteiger partial charge is 0.305 e. The van der Waals surface area contributed by atoms with Crippen molar-refractivity contribution in [2.75, 3.05) is 6.54 Å². The fourth-order valence-corrected chi connectivity index (χ4v) is 2.53. The molecule has 0 amide bonds. The molecular weight excluding hydrogens is 337 g/mol. The minimum absolute atomic E-state index is 0.117. The fraction of sp³-hybridized carbons (Fsp3) is 0.286. The molecule has 4 heteroatoms. The SMILES string of the molecule is CCCNC(c1cnccn1)c1ccccc1I. The molecule has 0 spiro atoms. The summed E-state index contributed by atoms with van der Waals surface area (Å²) in [5.74, 6) is 0. The van der Waals surface area contributed by atoms with Crippen LogP contribution in [0.1, 0.15) is 30.6 Å². The molecule has 0 saturated carbocycles. The van der Waals surface area contributed by atoms with E-state index in [2.05, 4.69) is 69.1 Å². The summed E-state index contributed by atoms with van der Waals surface area (Å²) < 4.78 is 1.24. The summed E-state index contributed by atoms with van der Waals surface area (Å²) in [6.07, 6.45) is 6.37. The van der Waals surface area contributed by atoms with Crippen LogP contribution in [0.25, 0.3) is 0 Å². The van der Waals surface area contributed by atoms with Crippen LogP contribution >= 0.6 is 22.6 Å². The molecule has 1 atom stereocenters. The summed E-state index contributed by atoms with van der Waals surface area (Å²) in [6, 6.07) is 8.50. The standard InChI is InChI=1S/C14H16IN3/c1-2-7-18-14(13-10-16-8-9-17-13)11-5-3-4-6-12(11)15/h3-6,8-10,14,18H,2,7H2,1H3. The van der Waals surface area contributed by atoms with Crippen LogP contribution in [0.15, 0.2) is 42.9 Å². The highest BCUT2D eigenvalue weighted by Crippen LogP contribution is 2.24. The van der Waals surface area contributed by atoms with Crippen LogP contribution in [0, 0.1) is 3.57 Å². The first kappa shape index (κ1) is 13.4. The molecule has 1 N–H and O–H groups in total. The van der Waals surface area contributed by atoms with Crippen molar-refractivity contribution in [3.05, 3.63) is 57.7 Å². The summed E-state index contributed by atoms with van der Waals surface area (Å²) in [7, 11) is 0. The smallest absolute Gasteiger partial charge is 0.0801 e. The van der Waals surface area contributed by atoms with Crippen LogP contribution in [0.3, 0.4) is 0 Å². The predicted octanol–water partition coefficient (Wildman–Crippen LogP) is 3.17. The first-order valence-corrected chi connectivity index (χ1v) is 7.14. The molecule has 18 heavy (non-hydrogen) atoms. The van der Waals surface area contributed by atoms with Crippen molar-refractivity contribution in [3.8, 4) is 0 Å². The maximum absolute atomic E-state index is 4.42. The normalized spacial score (nSPS) is 12.3. The van der Waals surface area contributed by atoms with Crippen molar-refractivity contribution in [1.29, 1.82) is 0 Å². The number of halogens is 1. The number of aromatic nitrogens is 2. The zero-order valence-corrected chi connectivity index (χ0v) is 12.5. The Balaban J connectivity index is 2.34. The molecule has 1 unspecified atom stereocenters. The van der Waals surface area contributed by atoms with Gasteiger partial charge in [0, 0.05) is 16.0 Å². The van der Waals surface area contributed by atoms with E-state index < -0.39 is 0 Å². The Morgan fingerprint density at radius 2 is 2.11 bits per heavy atom. The molecule has 2 rings (SSSR count). The van der Waals surface area contributed by atoms with Crippen LogP contribution in [0.2, 0.25) is 0 Å². The molecule has 94 valence electrons. The lowest BCUT2D eigenvalue weighted by Gasteiger charge is -2.19.